The van der Waals surface area contributed by atoms with E-state index in [2.05, 4.69) is 97.9 Å². The smallest absolute Gasteiger partial charge is 0.167 e. The first kappa shape index (κ1) is 28.8. The fourth-order valence-corrected chi connectivity index (χ4v) is 7.03. The third-order valence-corrected chi connectivity index (χ3v) is 9.44. The molecule has 0 atom stereocenters. The van der Waals surface area contributed by atoms with E-state index in [1.54, 1.807) is 0 Å². The Kier molecular flexibility index (Phi) is 7.06. The van der Waals surface area contributed by atoms with Gasteiger partial charge in [-0.3, -0.25) is 0 Å². The zero-order chi connectivity index (χ0) is 32.7. The Morgan fingerprint density at radius 3 is 1.82 bits per heavy atom. The highest BCUT2D eigenvalue weighted by molar-refractivity contribution is 6.10. The molecular weight excluding hydrogens is 599 g/mol. The molecule has 4 nitrogen and oxygen atoms in total. The van der Waals surface area contributed by atoms with Gasteiger partial charge in [0.05, 0.1) is 5.56 Å². The first-order chi connectivity index (χ1) is 24.2. The highest BCUT2D eigenvalue weighted by Crippen LogP contribution is 2.39. The molecule has 9 rings (SSSR count). The summed E-state index contributed by atoms with van der Waals surface area (Å²) >= 11 is 0. The lowest BCUT2D eigenvalue weighted by Crippen LogP contribution is -2.00. The Morgan fingerprint density at radius 1 is 0.449 bits per heavy atom. The molecule has 0 aliphatic rings. The van der Waals surface area contributed by atoms with Crippen LogP contribution in [0.3, 0.4) is 0 Å². The lowest BCUT2D eigenvalue weighted by molar-refractivity contribution is 0.669. The number of benzene rings is 7. The molecular formula is C45H31N3O. The molecule has 0 spiro atoms. The van der Waals surface area contributed by atoms with Gasteiger partial charge in [0.2, 0.25) is 0 Å². The second kappa shape index (κ2) is 12.0. The van der Waals surface area contributed by atoms with E-state index in [0.717, 1.165) is 45.0 Å². The van der Waals surface area contributed by atoms with Crippen molar-refractivity contribution in [2.75, 3.05) is 0 Å². The average Bonchev–Trinajstić information content (AvgIpc) is 3.56. The number of hydrogen-bond donors (Lipinski definition) is 0. The minimum atomic E-state index is 0.580. The summed E-state index contributed by atoms with van der Waals surface area (Å²) in [5, 5.41) is 4.71. The molecule has 0 amide bonds. The summed E-state index contributed by atoms with van der Waals surface area (Å²) in [6.07, 6.45) is 0.765. The summed E-state index contributed by atoms with van der Waals surface area (Å²) in [5.74, 6) is 1.83. The van der Waals surface area contributed by atoms with Crippen LogP contribution in [0.5, 0.6) is 0 Å². The van der Waals surface area contributed by atoms with Crippen LogP contribution >= 0.6 is 0 Å². The molecule has 232 valence electrons. The molecule has 2 heterocycles. The standard InChI is InChI=1S/C45H31N3O/c1-29-35-21-10-8-14-30(35)26-27-36(29)37-22-11-9-19-33(37)28-34-20-12-25-40-41(34)38-23-13-24-39(42(38)49-40)45-47-43(31-15-4-2-5-16-31)46-44(48-45)32-17-6-3-7-18-32/h2-27H,28H2,1H3. The fourth-order valence-electron chi connectivity index (χ4n) is 7.03. The van der Waals surface area contributed by atoms with Gasteiger partial charge in [0.25, 0.3) is 0 Å². The number of fused-ring (bicyclic) bond motifs is 4. The molecule has 0 saturated heterocycles. The largest absolute Gasteiger partial charge is 0.455 e. The number of furan rings is 1. The van der Waals surface area contributed by atoms with Crippen LogP contribution in [0.2, 0.25) is 0 Å². The molecule has 0 fully saturated rings. The Bertz CT molecular complexity index is 2580. The highest BCUT2D eigenvalue weighted by Gasteiger charge is 2.20. The summed E-state index contributed by atoms with van der Waals surface area (Å²) in [7, 11) is 0. The Labute approximate surface area is 284 Å². The van der Waals surface area contributed by atoms with Gasteiger partial charge in [-0.05, 0) is 64.1 Å². The molecule has 0 aliphatic heterocycles. The number of para-hydroxylation sites is 1. The molecule has 0 saturated carbocycles. The van der Waals surface area contributed by atoms with Crippen LogP contribution < -0.4 is 0 Å². The third-order valence-electron chi connectivity index (χ3n) is 9.44. The van der Waals surface area contributed by atoms with E-state index in [1.807, 2.05) is 66.7 Å². The SMILES string of the molecule is Cc1c(-c2ccccc2Cc2cccc3oc4c(-c5nc(-c6ccccc6)nc(-c6ccccc6)n5)cccc4c23)ccc2ccccc12. The van der Waals surface area contributed by atoms with Crippen molar-refractivity contribution in [3.63, 3.8) is 0 Å². The van der Waals surface area contributed by atoms with Crippen molar-refractivity contribution in [1.82, 2.24) is 15.0 Å². The molecule has 0 unspecified atom stereocenters. The predicted molar refractivity (Wildman–Crippen MR) is 200 cm³/mol. The van der Waals surface area contributed by atoms with Crippen molar-refractivity contribution < 1.29 is 4.42 Å². The average molecular weight is 630 g/mol. The summed E-state index contributed by atoms with van der Waals surface area (Å²) in [4.78, 5) is 14.9. The third kappa shape index (κ3) is 5.15. The van der Waals surface area contributed by atoms with Gasteiger partial charge in [0, 0.05) is 21.9 Å². The highest BCUT2D eigenvalue weighted by atomic mass is 16.3. The van der Waals surface area contributed by atoms with E-state index in [0.29, 0.717) is 17.5 Å². The Hall–Kier alpha value is -6.39. The molecule has 0 bridgehead atoms. The second-order valence-corrected chi connectivity index (χ2v) is 12.4. The fraction of sp³-hybridized carbons (Fsp3) is 0.0444. The number of nitrogens with zero attached hydrogens (tertiary/aromatic N) is 3. The molecule has 0 radical (unpaired) electrons. The molecule has 9 aromatic rings. The van der Waals surface area contributed by atoms with Gasteiger partial charge in [-0.2, -0.15) is 0 Å². The van der Waals surface area contributed by atoms with Gasteiger partial charge >= 0.3 is 0 Å². The van der Waals surface area contributed by atoms with Gasteiger partial charge in [-0.1, -0.05) is 146 Å². The van der Waals surface area contributed by atoms with Gasteiger partial charge < -0.3 is 4.42 Å². The number of aromatic nitrogens is 3. The number of rotatable bonds is 6. The zero-order valence-electron chi connectivity index (χ0n) is 27.0. The predicted octanol–water partition coefficient (Wildman–Crippen LogP) is 11.5. The van der Waals surface area contributed by atoms with Crippen LogP contribution in [0.4, 0.5) is 0 Å². The van der Waals surface area contributed by atoms with E-state index in [-0.39, 0.29) is 0 Å². The second-order valence-electron chi connectivity index (χ2n) is 12.4. The Balaban J connectivity index is 1.19. The van der Waals surface area contributed by atoms with Gasteiger partial charge in [-0.25, -0.2) is 15.0 Å². The lowest BCUT2D eigenvalue weighted by Gasteiger charge is -2.15. The van der Waals surface area contributed by atoms with Crippen LogP contribution in [0.1, 0.15) is 16.7 Å². The molecule has 49 heavy (non-hydrogen) atoms. The number of aryl methyl sites for hydroxylation is 1. The zero-order valence-corrected chi connectivity index (χ0v) is 27.0. The molecule has 7 aromatic carbocycles. The molecule has 2 aromatic heterocycles. The summed E-state index contributed by atoms with van der Waals surface area (Å²) in [6, 6.07) is 54.6. The van der Waals surface area contributed by atoms with E-state index in [9.17, 15) is 0 Å². The van der Waals surface area contributed by atoms with Crippen LogP contribution in [-0.2, 0) is 6.42 Å². The monoisotopic (exact) mass is 629 g/mol. The summed E-state index contributed by atoms with van der Waals surface area (Å²) < 4.78 is 6.69. The van der Waals surface area contributed by atoms with Gasteiger partial charge in [-0.15, -0.1) is 0 Å². The van der Waals surface area contributed by atoms with Crippen molar-refractivity contribution in [3.05, 3.63) is 174 Å². The van der Waals surface area contributed by atoms with E-state index in [4.69, 9.17) is 19.4 Å². The lowest BCUT2D eigenvalue weighted by atomic mass is 9.89. The summed E-state index contributed by atoms with van der Waals surface area (Å²) in [6.45, 7) is 2.23. The van der Waals surface area contributed by atoms with Crippen LogP contribution in [0.25, 0.3) is 78.0 Å². The normalized spacial score (nSPS) is 11.4. The van der Waals surface area contributed by atoms with E-state index < -0.39 is 0 Å². The number of hydrogen-bond acceptors (Lipinski definition) is 4. The van der Waals surface area contributed by atoms with Crippen molar-refractivity contribution in [1.29, 1.82) is 0 Å². The van der Waals surface area contributed by atoms with Crippen molar-refractivity contribution in [2.45, 2.75) is 13.3 Å². The topological polar surface area (TPSA) is 51.8 Å². The van der Waals surface area contributed by atoms with Gasteiger partial charge in [0.1, 0.15) is 11.2 Å². The minimum Gasteiger partial charge on any atom is -0.455 e. The molecule has 0 N–H and O–H groups in total. The van der Waals surface area contributed by atoms with Crippen LogP contribution in [0, 0.1) is 6.92 Å². The van der Waals surface area contributed by atoms with Crippen molar-refractivity contribution in [2.24, 2.45) is 0 Å². The minimum absolute atomic E-state index is 0.580. The quantitative estimate of drug-likeness (QED) is 0.184. The Morgan fingerprint density at radius 2 is 1.04 bits per heavy atom. The maximum atomic E-state index is 6.69. The maximum absolute atomic E-state index is 6.69. The van der Waals surface area contributed by atoms with Crippen molar-refractivity contribution in [3.8, 4) is 45.3 Å². The van der Waals surface area contributed by atoms with Crippen molar-refractivity contribution >= 4 is 32.7 Å². The first-order valence-electron chi connectivity index (χ1n) is 16.6. The van der Waals surface area contributed by atoms with E-state index in [1.165, 1.54) is 38.6 Å². The maximum Gasteiger partial charge on any atom is 0.167 e. The van der Waals surface area contributed by atoms with Crippen LogP contribution in [0.15, 0.2) is 162 Å². The molecule has 0 aliphatic carbocycles. The van der Waals surface area contributed by atoms with Gasteiger partial charge in [0.15, 0.2) is 17.5 Å². The van der Waals surface area contributed by atoms with E-state index >= 15 is 0 Å². The summed E-state index contributed by atoms with van der Waals surface area (Å²) in [5.41, 5.74) is 10.6. The molecule has 4 heteroatoms. The van der Waals surface area contributed by atoms with Crippen LogP contribution in [-0.4, -0.2) is 15.0 Å². The first-order valence-corrected chi connectivity index (χ1v) is 16.6.